The molecule has 0 aliphatic heterocycles. The summed E-state index contributed by atoms with van der Waals surface area (Å²) in [5, 5.41) is 9.60. The number of aryl methyl sites for hydroxylation is 1. The van der Waals surface area contributed by atoms with E-state index in [2.05, 4.69) is 0 Å². The Bertz CT molecular complexity index is 1380. The number of hydrogen-bond donors (Lipinski definition) is 2. The van der Waals surface area contributed by atoms with Gasteiger partial charge in [-0.3, -0.25) is 10.0 Å². The second-order valence-corrected chi connectivity index (χ2v) is 8.66. The highest BCUT2D eigenvalue weighted by Crippen LogP contribution is 2.27. The molecule has 4 aromatic rings. The van der Waals surface area contributed by atoms with Crippen molar-refractivity contribution in [2.24, 2.45) is 7.05 Å². The predicted octanol–water partition coefficient (Wildman–Crippen LogP) is 3.40. The molecule has 2 aromatic carbocycles. The molecule has 1 amide bonds. The van der Waals surface area contributed by atoms with Crippen LogP contribution in [0.3, 0.4) is 0 Å². The monoisotopic (exact) mass is 421 g/mol. The molecule has 0 saturated heterocycles. The number of nitrogens with zero attached hydrogens (tertiary/aromatic N) is 2. The maximum atomic E-state index is 13.1. The van der Waals surface area contributed by atoms with Gasteiger partial charge in [-0.05, 0) is 59.2 Å². The zero-order valence-electron chi connectivity index (χ0n) is 16.1. The van der Waals surface area contributed by atoms with Crippen LogP contribution in [0.4, 0.5) is 0 Å². The molecule has 0 aliphatic rings. The summed E-state index contributed by atoms with van der Waals surface area (Å²) in [5.41, 5.74) is 4.82. The number of aromatic nitrogens is 2. The van der Waals surface area contributed by atoms with Crippen LogP contribution in [0.25, 0.3) is 28.1 Å². The van der Waals surface area contributed by atoms with E-state index in [1.165, 1.54) is 23.9 Å². The highest BCUT2D eigenvalue weighted by Gasteiger charge is 2.17. The van der Waals surface area contributed by atoms with Gasteiger partial charge in [0.15, 0.2) is 0 Å². The van der Waals surface area contributed by atoms with Gasteiger partial charge in [-0.15, -0.1) is 0 Å². The fourth-order valence-corrected chi connectivity index (χ4v) is 4.52. The van der Waals surface area contributed by atoms with Gasteiger partial charge in [-0.1, -0.05) is 18.2 Å². The smallest absolute Gasteiger partial charge is 0.267 e. The van der Waals surface area contributed by atoms with Crippen molar-refractivity contribution < 1.29 is 18.4 Å². The minimum atomic E-state index is -3.80. The Hall–Kier alpha value is -3.62. The van der Waals surface area contributed by atoms with Crippen LogP contribution in [0.1, 0.15) is 5.56 Å². The van der Waals surface area contributed by atoms with Gasteiger partial charge in [0.2, 0.25) is 0 Å². The number of hydroxylamine groups is 1. The number of fused-ring (bicyclic) bond motifs is 1. The van der Waals surface area contributed by atoms with Gasteiger partial charge in [0, 0.05) is 42.6 Å². The third-order valence-corrected chi connectivity index (χ3v) is 6.49. The van der Waals surface area contributed by atoms with Crippen molar-refractivity contribution in [3.8, 4) is 11.1 Å². The second-order valence-electron chi connectivity index (χ2n) is 6.82. The molecule has 0 spiro atoms. The number of rotatable bonds is 5. The molecular formula is C22H19N3O4S. The second kappa shape index (κ2) is 7.66. The fourth-order valence-electron chi connectivity index (χ4n) is 3.27. The standard InChI is InChI=1S/C22H19N3O4S/c1-24-11-10-19-13-18(6-7-21(19)24)17-3-2-4-20(14-17)30(28,29)25-12-9-16(15-25)5-8-22(26)23-27/h2-15,27H,1H3,(H,23,26)/b8-5+. The van der Waals surface area contributed by atoms with Crippen LogP contribution in [0.5, 0.6) is 0 Å². The van der Waals surface area contributed by atoms with Crippen LogP contribution in [-0.4, -0.2) is 28.1 Å². The Labute approximate surface area is 173 Å². The van der Waals surface area contributed by atoms with Crippen molar-refractivity contribution in [1.82, 2.24) is 14.0 Å². The first-order valence-electron chi connectivity index (χ1n) is 9.10. The summed E-state index contributed by atoms with van der Waals surface area (Å²) in [6.45, 7) is 0. The van der Waals surface area contributed by atoms with Gasteiger partial charge in [0.05, 0.1) is 4.90 Å². The van der Waals surface area contributed by atoms with Crippen molar-refractivity contribution >= 4 is 32.9 Å². The first-order valence-corrected chi connectivity index (χ1v) is 10.5. The quantitative estimate of drug-likeness (QED) is 0.293. The molecule has 0 saturated carbocycles. The maximum Gasteiger partial charge on any atom is 0.267 e. The van der Waals surface area contributed by atoms with Crippen LogP contribution in [0, 0.1) is 0 Å². The molecule has 0 radical (unpaired) electrons. The number of nitrogens with one attached hydrogen (secondary N) is 1. The van der Waals surface area contributed by atoms with Crippen molar-refractivity contribution in [3.63, 3.8) is 0 Å². The molecule has 8 heteroatoms. The van der Waals surface area contributed by atoms with Crippen LogP contribution in [0.2, 0.25) is 0 Å². The molecule has 30 heavy (non-hydrogen) atoms. The summed E-state index contributed by atoms with van der Waals surface area (Å²) in [4.78, 5) is 11.3. The molecule has 0 atom stereocenters. The van der Waals surface area contributed by atoms with E-state index in [0.717, 1.165) is 32.1 Å². The third-order valence-electron chi connectivity index (χ3n) is 4.86. The van der Waals surface area contributed by atoms with Gasteiger partial charge in [-0.2, -0.15) is 0 Å². The SMILES string of the molecule is Cn1ccc2cc(-c3cccc(S(=O)(=O)n4ccc(/C=C/C(=O)NO)c4)c3)ccc21. The highest BCUT2D eigenvalue weighted by molar-refractivity contribution is 7.90. The molecule has 0 aliphatic carbocycles. The Morgan fingerprint density at radius 2 is 1.83 bits per heavy atom. The maximum absolute atomic E-state index is 13.1. The van der Waals surface area contributed by atoms with Crippen LogP contribution < -0.4 is 5.48 Å². The molecule has 2 aromatic heterocycles. The fraction of sp³-hybridized carbons (Fsp3) is 0.0455. The van der Waals surface area contributed by atoms with Crippen molar-refractivity contribution in [2.75, 3.05) is 0 Å². The number of hydrogen-bond acceptors (Lipinski definition) is 4. The average Bonchev–Trinajstić information content (AvgIpc) is 3.39. The lowest BCUT2D eigenvalue weighted by Crippen LogP contribution is -2.14. The first kappa shape index (κ1) is 19.7. The molecule has 0 fully saturated rings. The third kappa shape index (κ3) is 3.66. The number of carbonyl (C=O) groups is 1. The van der Waals surface area contributed by atoms with Gasteiger partial charge < -0.3 is 4.57 Å². The summed E-state index contributed by atoms with van der Waals surface area (Å²) in [6, 6.07) is 16.4. The van der Waals surface area contributed by atoms with Gasteiger partial charge >= 0.3 is 0 Å². The molecule has 4 rings (SSSR count). The lowest BCUT2D eigenvalue weighted by Gasteiger charge is -2.09. The molecule has 2 heterocycles. The summed E-state index contributed by atoms with van der Waals surface area (Å²) in [5.74, 6) is -0.700. The average molecular weight is 421 g/mol. The minimum Gasteiger partial charge on any atom is -0.351 e. The molecule has 0 bridgehead atoms. The van der Waals surface area contributed by atoms with E-state index in [9.17, 15) is 13.2 Å². The molecule has 2 N–H and O–H groups in total. The lowest BCUT2D eigenvalue weighted by atomic mass is 10.0. The van der Waals surface area contributed by atoms with E-state index in [4.69, 9.17) is 5.21 Å². The predicted molar refractivity (Wildman–Crippen MR) is 114 cm³/mol. The minimum absolute atomic E-state index is 0.160. The van der Waals surface area contributed by atoms with Gasteiger partial charge in [0.25, 0.3) is 15.9 Å². The Morgan fingerprint density at radius 3 is 2.63 bits per heavy atom. The molecular weight excluding hydrogens is 402 g/mol. The molecule has 152 valence electrons. The largest absolute Gasteiger partial charge is 0.351 e. The Morgan fingerprint density at radius 1 is 1.03 bits per heavy atom. The summed E-state index contributed by atoms with van der Waals surface area (Å²) >= 11 is 0. The zero-order valence-corrected chi connectivity index (χ0v) is 16.9. The summed E-state index contributed by atoms with van der Waals surface area (Å²) in [7, 11) is -1.82. The highest BCUT2D eigenvalue weighted by atomic mass is 32.2. The van der Waals surface area contributed by atoms with Crippen molar-refractivity contribution in [2.45, 2.75) is 4.90 Å². The number of benzene rings is 2. The molecule has 0 unspecified atom stereocenters. The van der Waals surface area contributed by atoms with E-state index in [0.29, 0.717) is 5.56 Å². The lowest BCUT2D eigenvalue weighted by molar-refractivity contribution is -0.124. The Balaban J connectivity index is 1.68. The van der Waals surface area contributed by atoms with Crippen molar-refractivity contribution in [3.05, 3.63) is 84.8 Å². The van der Waals surface area contributed by atoms with E-state index in [-0.39, 0.29) is 4.90 Å². The van der Waals surface area contributed by atoms with Crippen LogP contribution in [0.15, 0.2) is 84.2 Å². The van der Waals surface area contributed by atoms with Gasteiger partial charge in [0.1, 0.15) is 0 Å². The van der Waals surface area contributed by atoms with E-state index in [1.807, 2.05) is 48.1 Å². The normalized spacial score (nSPS) is 11.9. The Kier molecular flexibility index (Phi) is 5.03. The van der Waals surface area contributed by atoms with E-state index < -0.39 is 15.9 Å². The summed E-state index contributed by atoms with van der Waals surface area (Å²) < 4.78 is 29.2. The van der Waals surface area contributed by atoms with Crippen LogP contribution >= 0.6 is 0 Å². The topological polar surface area (TPSA) is 93.3 Å². The van der Waals surface area contributed by atoms with Crippen molar-refractivity contribution in [1.29, 1.82) is 0 Å². The number of amides is 1. The van der Waals surface area contributed by atoms with E-state index >= 15 is 0 Å². The zero-order chi connectivity index (χ0) is 21.3. The molecule has 7 nitrogen and oxygen atoms in total. The first-order chi connectivity index (χ1) is 14.4. The number of carbonyl (C=O) groups excluding carboxylic acids is 1. The van der Waals surface area contributed by atoms with E-state index in [1.54, 1.807) is 24.3 Å². The van der Waals surface area contributed by atoms with Crippen LogP contribution in [-0.2, 0) is 21.9 Å². The van der Waals surface area contributed by atoms with Gasteiger partial charge in [-0.25, -0.2) is 17.9 Å². The summed E-state index contributed by atoms with van der Waals surface area (Å²) in [6.07, 6.45) is 7.31.